The number of nitrogens with one attached hydrogen (secondary N) is 2. The van der Waals surface area contributed by atoms with Crippen LogP contribution in [0, 0.1) is 18.6 Å². The third-order valence-corrected chi connectivity index (χ3v) is 5.88. The van der Waals surface area contributed by atoms with Gasteiger partial charge in [-0.3, -0.25) is 9.89 Å². The molecule has 0 fully saturated rings. The van der Waals surface area contributed by atoms with E-state index in [2.05, 4.69) is 20.7 Å². The summed E-state index contributed by atoms with van der Waals surface area (Å²) in [5, 5.41) is 14.0. The molecule has 0 atom stereocenters. The van der Waals surface area contributed by atoms with E-state index in [0.29, 0.717) is 29.1 Å². The first kappa shape index (κ1) is 20.3. The molecule has 2 heterocycles. The number of carbonyl (C=O) groups excluding carboxylic acids is 1. The molecule has 2 N–H and O–H groups in total. The van der Waals surface area contributed by atoms with E-state index >= 15 is 0 Å². The highest BCUT2D eigenvalue weighted by molar-refractivity contribution is 7.98. The lowest BCUT2D eigenvalue weighted by Gasteiger charge is -2.10. The zero-order valence-corrected chi connectivity index (χ0v) is 17.7. The van der Waals surface area contributed by atoms with E-state index in [1.165, 1.54) is 0 Å². The van der Waals surface area contributed by atoms with E-state index in [9.17, 15) is 4.79 Å². The molecule has 0 spiro atoms. The maximum Gasteiger partial charge on any atom is 0.252 e. The molecule has 2 aromatic heterocycles. The highest BCUT2D eigenvalue weighted by Gasteiger charge is 2.14. The number of aromatic nitrogens is 4. The number of hydrogen-bond acceptors (Lipinski definition) is 6. The lowest BCUT2D eigenvalue weighted by atomic mass is 10.2. The van der Waals surface area contributed by atoms with Crippen molar-refractivity contribution in [2.24, 2.45) is 0 Å². The number of benzene rings is 1. The standard InChI is InChI=1S/C19H23N5O2S2/c1-4-24-17(21-22-19(24)27)9-10-20-18(25)14-7-5-6-8-16(14)28-11-15-12(2)23-26-13(15)3/h5-8H,4,9-11H2,1-3H3,(H,20,25)(H,22,27). The Labute approximate surface area is 172 Å². The van der Waals surface area contributed by atoms with Crippen molar-refractivity contribution < 1.29 is 9.32 Å². The van der Waals surface area contributed by atoms with Crippen LogP contribution in [0.4, 0.5) is 0 Å². The number of thioether (sulfide) groups is 1. The summed E-state index contributed by atoms with van der Waals surface area (Å²) in [4.78, 5) is 13.6. The summed E-state index contributed by atoms with van der Waals surface area (Å²) in [6, 6.07) is 7.61. The molecule has 0 aliphatic heterocycles. The fraction of sp³-hybridized carbons (Fsp3) is 0.368. The van der Waals surface area contributed by atoms with Crippen LogP contribution in [0.2, 0.25) is 0 Å². The number of aromatic amines is 1. The first-order valence-corrected chi connectivity index (χ1v) is 10.5. The van der Waals surface area contributed by atoms with E-state index in [4.69, 9.17) is 16.7 Å². The van der Waals surface area contributed by atoms with Gasteiger partial charge in [-0.1, -0.05) is 17.3 Å². The SMILES string of the molecule is CCn1c(CCNC(=O)c2ccccc2SCc2c(C)noc2C)n[nH]c1=S. The molecule has 0 unspecified atom stereocenters. The maximum absolute atomic E-state index is 12.7. The molecule has 0 aliphatic rings. The molecular weight excluding hydrogens is 394 g/mol. The predicted octanol–water partition coefficient (Wildman–Crippen LogP) is 3.83. The van der Waals surface area contributed by atoms with Gasteiger partial charge in [0.15, 0.2) is 4.77 Å². The van der Waals surface area contributed by atoms with E-state index in [-0.39, 0.29) is 5.91 Å². The number of rotatable bonds is 8. The molecule has 3 aromatic rings. The predicted molar refractivity (Wildman–Crippen MR) is 111 cm³/mol. The van der Waals surface area contributed by atoms with Gasteiger partial charge in [-0.15, -0.1) is 11.8 Å². The summed E-state index contributed by atoms with van der Waals surface area (Å²) in [5.41, 5.74) is 2.62. The third kappa shape index (κ3) is 4.53. The third-order valence-electron chi connectivity index (χ3n) is 4.47. The minimum Gasteiger partial charge on any atom is -0.361 e. The molecule has 0 aliphatic carbocycles. The zero-order valence-electron chi connectivity index (χ0n) is 16.1. The quantitative estimate of drug-likeness (QED) is 0.428. The van der Waals surface area contributed by atoms with Crippen LogP contribution in [0.1, 0.15) is 40.1 Å². The van der Waals surface area contributed by atoms with E-state index in [1.807, 2.05) is 49.6 Å². The van der Waals surface area contributed by atoms with Gasteiger partial charge in [-0.25, -0.2) is 0 Å². The maximum atomic E-state index is 12.7. The van der Waals surface area contributed by atoms with Crippen LogP contribution in [0.15, 0.2) is 33.7 Å². The minimum absolute atomic E-state index is 0.0981. The van der Waals surface area contributed by atoms with Crippen molar-refractivity contribution in [2.75, 3.05) is 6.54 Å². The van der Waals surface area contributed by atoms with Gasteiger partial charge in [0, 0.05) is 35.7 Å². The second-order valence-electron chi connectivity index (χ2n) is 6.28. The van der Waals surface area contributed by atoms with Gasteiger partial charge in [0.2, 0.25) is 0 Å². The molecule has 7 nitrogen and oxygen atoms in total. The van der Waals surface area contributed by atoms with Crippen LogP contribution in [0.25, 0.3) is 0 Å². The molecule has 1 amide bonds. The van der Waals surface area contributed by atoms with Crippen molar-refractivity contribution in [1.82, 2.24) is 25.2 Å². The molecule has 0 saturated carbocycles. The second kappa shape index (κ2) is 9.20. The first-order valence-electron chi connectivity index (χ1n) is 9.07. The molecule has 9 heteroatoms. The number of carbonyl (C=O) groups is 1. The van der Waals surface area contributed by atoms with E-state index in [1.54, 1.807) is 11.8 Å². The summed E-state index contributed by atoms with van der Waals surface area (Å²) >= 11 is 6.80. The molecule has 0 saturated heterocycles. The Kier molecular flexibility index (Phi) is 6.69. The monoisotopic (exact) mass is 417 g/mol. The highest BCUT2D eigenvalue weighted by Crippen LogP contribution is 2.28. The van der Waals surface area contributed by atoms with Crippen molar-refractivity contribution in [3.63, 3.8) is 0 Å². The summed E-state index contributed by atoms with van der Waals surface area (Å²) in [7, 11) is 0. The number of hydrogen-bond donors (Lipinski definition) is 2. The van der Waals surface area contributed by atoms with Crippen molar-refractivity contribution in [3.05, 3.63) is 57.4 Å². The number of H-pyrrole nitrogens is 1. The minimum atomic E-state index is -0.0981. The van der Waals surface area contributed by atoms with Gasteiger partial charge in [-0.05, 0) is 45.1 Å². The summed E-state index contributed by atoms with van der Waals surface area (Å²) in [6.07, 6.45) is 0.612. The van der Waals surface area contributed by atoms with Crippen LogP contribution in [0.5, 0.6) is 0 Å². The topological polar surface area (TPSA) is 88.7 Å². The number of amides is 1. The molecule has 0 radical (unpaired) electrons. The Morgan fingerprint density at radius 2 is 2.14 bits per heavy atom. The molecular formula is C19H23N5O2S2. The van der Waals surface area contributed by atoms with Crippen molar-refractivity contribution in [2.45, 2.75) is 44.4 Å². The Morgan fingerprint density at radius 3 is 2.86 bits per heavy atom. The number of aryl methyl sites for hydroxylation is 2. The second-order valence-corrected chi connectivity index (χ2v) is 7.69. The lowest BCUT2D eigenvalue weighted by molar-refractivity contribution is 0.0951. The smallest absolute Gasteiger partial charge is 0.252 e. The Bertz CT molecular complexity index is 1000. The average molecular weight is 418 g/mol. The molecule has 1 aromatic carbocycles. The molecule has 3 rings (SSSR count). The van der Waals surface area contributed by atoms with Gasteiger partial charge in [0.05, 0.1) is 11.3 Å². The van der Waals surface area contributed by atoms with Crippen molar-refractivity contribution >= 4 is 29.9 Å². The Hall–Kier alpha value is -2.39. The Morgan fingerprint density at radius 1 is 1.36 bits per heavy atom. The largest absolute Gasteiger partial charge is 0.361 e. The summed E-state index contributed by atoms with van der Waals surface area (Å²) in [6.45, 7) is 7.08. The Balaban J connectivity index is 1.63. The van der Waals surface area contributed by atoms with Gasteiger partial charge in [-0.2, -0.15) is 5.10 Å². The van der Waals surface area contributed by atoms with E-state index in [0.717, 1.165) is 34.3 Å². The normalized spacial score (nSPS) is 11.0. The van der Waals surface area contributed by atoms with Gasteiger partial charge < -0.3 is 14.4 Å². The van der Waals surface area contributed by atoms with Gasteiger partial charge in [0.25, 0.3) is 5.91 Å². The fourth-order valence-corrected chi connectivity index (χ4v) is 4.37. The van der Waals surface area contributed by atoms with Crippen molar-refractivity contribution in [1.29, 1.82) is 0 Å². The van der Waals surface area contributed by atoms with Gasteiger partial charge >= 0.3 is 0 Å². The van der Waals surface area contributed by atoms with Crippen LogP contribution in [0.3, 0.4) is 0 Å². The van der Waals surface area contributed by atoms with Crippen molar-refractivity contribution in [3.8, 4) is 0 Å². The van der Waals surface area contributed by atoms with Crippen LogP contribution < -0.4 is 5.32 Å². The fourth-order valence-electron chi connectivity index (χ4n) is 2.89. The summed E-state index contributed by atoms with van der Waals surface area (Å²) < 4.78 is 7.74. The molecule has 28 heavy (non-hydrogen) atoms. The van der Waals surface area contributed by atoms with Crippen LogP contribution in [-0.2, 0) is 18.7 Å². The summed E-state index contributed by atoms with van der Waals surface area (Å²) in [5.74, 6) is 2.26. The molecule has 0 bridgehead atoms. The van der Waals surface area contributed by atoms with E-state index < -0.39 is 0 Å². The molecule has 148 valence electrons. The lowest BCUT2D eigenvalue weighted by Crippen LogP contribution is -2.27. The highest BCUT2D eigenvalue weighted by atomic mass is 32.2. The first-order chi connectivity index (χ1) is 13.5. The zero-order chi connectivity index (χ0) is 20.1. The average Bonchev–Trinajstić information content (AvgIpc) is 3.21. The van der Waals surface area contributed by atoms with Crippen LogP contribution in [-0.4, -0.2) is 32.4 Å². The number of nitrogens with zero attached hydrogens (tertiary/aromatic N) is 3. The van der Waals surface area contributed by atoms with Crippen LogP contribution >= 0.6 is 24.0 Å². The van der Waals surface area contributed by atoms with Gasteiger partial charge in [0.1, 0.15) is 11.6 Å².